The van der Waals surface area contributed by atoms with Gasteiger partial charge in [0.05, 0.1) is 11.3 Å². The molecule has 21 heavy (non-hydrogen) atoms. The van der Waals surface area contributed by atoms with Gasteiger partial charge in [-0.1, -0.05) is 23.7 Å². The number of amides is 1. The van der Waals surface area contributed by atoms with Crippen molar-refractivity contribution >= 4 is 29.2 Å². The van der Waals surface area contributed by atoms with E-state index in [0.717, 1.165) is 5.56 Å². The molecule has 0 atom stereocenters. The van der Waals surface area contributed by atoms with E-state index >= 15 is 0 Å². The number of benzene rings is 2. The largest absolute Gasteiger partial charge is 0.478 e. The lowest BCUT2D eigenvalue weighted by Gasteiger charge is -2.12. The first-order valence-corrected chi connectivity index (χ1v) is 6.68. The fourth-order valence-corrected chi connectivity index (χ4v) is 2.10. The molecule has 2 rings (SSSR count). The van der Waals surface area contributed by atoms with Gasteiger partial charge in [-0.25, -0.2) is 4.79 Å². The number of halogens is 1. The number of aryl methyl sites for hydroxylation is 2. The molecule has 0 fully saturated rings. The zero-order valence-corrected chi connectivity index (χ0v) is 12.4. The Labute approximate surface area is 127 Å². The van der Waals surface area contributed by atoms with Crippen LogP contribution in [0, 0.1) is 13.8 Å². The van der Waals surface area contributed by atoms with Crippen LogP contribution in [0.15, 0.2) is 36.4 Å². The SMILES string of the molecule is Cc1cc(C(=O)Nc2c(C)cccc2C(=O)O)ccc1Cl. The quantitative estimate of drug-likeness (QED) is 0.903. The molecule has 0 unspecified atom stereocenters. The molecule has 0 aliphatic heterocycles. The maximum atomic E-state index is 12.3. The van der Waals surface area contributed by atoms with Crippen LogP contribution < -0.4 is 5.32 Å². The summed E-state index contributed by atoms with van der Waals surface area (Å²) in [5.74, 6) is -1.45. The summed E-state index contributed by atoms with van der Waals surface area (Å²) in [6, 6.07) is 9.75. The summed E-state index contributed by atoms with van der Waals surface area (Å²) in [4.78, 5) is 23.5. The number of carbonyl (C=O) groups excluding carboxylic acids is 1. The number of carbonyl (C=O) groups is 2. The molecule has 0 aliphatic rings. The summed E-state index contributed by atoms with van der Waals surface area (Å²) >= 11 is 5.93. The lowest BCUT2D eigenvalue weighted by atomic mass is 10.1. The Morgan fingerprint density at radius 3 is 2.43 bits per heavy atom. The molecule has 0 radical (unpaired) electrons. The zero-order chi connectivity index (χ0) is 15.6. The van der Waals surface area contributed by atoms with E-state index in [1.807, 2.05) is 0 Å². The monoisotopic (exact) mass is 303 g/mol. The number of hydrogen-bond acceptors (Lipinski definition) is 2. The van der Waals surface area contributed by atoms with E-state index < -0.39 is 5.97 Å². The van der Waals surface area contributed by atoms with E-state index in [9.17, 15) is 14.7 Å². The maximum Gasteiger partial charge on any atom is 0.337 e. The molecule has 2 aromatic rings. The van der Waals surface area contributed by atoms with E-state index in [2.05, 4.69) is 5.32 Å². The molecule has 4 nitrogen and oxygen atoms in total. The number of carboxylic acid groups (broad SMARTS) is 1. The van der Waals surface area contributed by atoms with Gasteiger partial charge in [0.1, 0.15) is 0 Å². The standard InChI is InChI=1S/C16H14ClNO3/c1-9-4-3-5-12(16(20)21)14(9)18-15(19)11-6-7-13(17)10(2)8-11/h3-8H,1-2H3,(H,18,19)(H,20,21). The van der Waals surface area contributed by atoms with Gasteiger partial charge in [-0.3, -0.25) is 4.79 Å². The summed E-state index contributed by atoms with van der Waals surface area (Å²) in [5, 5.41) is 12.4. The van der Waals surface area contributed by atoms with Gasteiger partial charge in [0, 0.05) is 10.6 Å². The van der Waals surface area contributed by atoms with Crippen LogP contribution in [0.3, 0.4) is 0 Å². The Kier molecular flexibility index (Phi) is 4.29. The minimum atomic E-state index is -1.08. The van der Waals surface area contributed by atoms with Crippen LogP contribution >= 0.6 is 11.6 Å². The van der Waals surface area contributed by atoms with E-state index in [1.54, 1.807) is 44.2 Å². The van der Waals surface area contributed by atoms with Crippen molar-refractivity contribution in [3.8, 4) is 0 Å². The second-order valence-corrected chi connectivity index (χ2v) is 5.13. The van der Waals surface area contributed by atoms with E-state index in [-0.39, 0.29) is 11.5 Å². The molecule has 0 saturated carbocycles. The summed E-state index contributed by atoms with van der Waals surface area (Å²) in [6.45, 7) is 3.55. The topological polar surface area (TPSA) is 66.4 Å². The lowest BCUT2D eigenvalue weighted by molar-refractivity contribution is 0.0698. The van der Waals surface area contributed by atoms with Gasteiger partial charge in [0.15, 0.2) is 0 Å². The van der Waals surface area contributed by atoms with Crippen LogP contribution in [-0.2, 0) is 0 Å². The molecule has 0 aliphatic carbocycles. The normalized spacial score (nSPS) is 10.2. The Balaban J connectivity index is 2.36. The highest BCUT2D eigenvalue weighted by molar-refractivity contribution is 6.31. The molecular weight excluding hydrogens is 290 g/mol. The van der Waals surface area contributed by atoms with Gasteiger partial charge < -0.3 is 10.4 Å². The van der Waals surface area contributed by atoms with Gasteiger partial charge in [-0.05, 0) is 49.2 Å². The average molecular weight is 304 g/mol. The van der Waals surface area contributed by atoms with Crippen LogP contribution in [0.2, 0.25) is 5.02 Å². The fraction of sp³-hybridized carbons (Fsp3) is 0.125. The van der Waals surface area contributed by atoms with Crippen molar-refractivity contribution in [1.82, 2.24) is 0 Å². The fourth-order valence-electron chi connectivity index (χ4n) is 1.98. The molecular formula is C16H14ClNO3. The molecule has 2 aromatic carbocycles. The van der Waals surface area contributed by atoms with Crippen LogP contribution in [0.4, 0.5) is 5.69 Å². The van der Waals surface area contributed by atoms with Crippen molar-refractivity contribution in [2.24, 2.45) is 0 Å². The summed E-state index contributed by atoms with van der Waals surface area (Å²) in [7, 11) is 0. The minimum absolute atomic E-state index is 0.0639. The first-order valence-electron chi connectivity index (χ1n) is 6.30. The van der Waals surface area contributed by atoms with Crippen LogP contribution in [0.25, 0.3) is 0 Å². The molecule has 0 saturated heterocycles. The van der Waals surface area contributed by atoms with Gasteiger partial charge >= 0.3 is 5.97 Å². The van der Waals surface area contributed by atoms with Gasteiger partial charge in [0.2, 0.25) is 0 Å². The number of hydrogen-bond donors (Lipinski definition) is 2. The molecule has 0 spiro atoms. The van der Waals surface area contributed by atoms with E-state index in [4.69, 9.17) is 11.6 Å². The van der Waals surface area contributed by atoms with Gasteiger partial charge in [-0.2, -0.15) is 0 Å². The number of carboxylic acids is 1. The number of nitrogens with one attached hydrogen (secondary N) is 1. The van der Waals surface area contributed by atoms with Crippen molar-refractivity contribution in [3.63, 3.8) is 0 Å². The second-order valence-electron chi connectivity index (χ2n) is 4.72. The Morgan fingerprint density at radius 2 is 1.81 bits per heavy atom. The summed E-state index contributed by atoms with van der Waals surface area (Å²) < 4.78 is 0. The Morgan fingerprint density at radius 1 is 1.10 bits per heavy atom. The highest BCUT2D eigenvalue weighted by Gasteiger charge is 2.15. The number of para-hydroxylation sites is 1. The molecule has 0 bridgehead atoms. The third-order valence-electron chi connectivity index (χ3n) is 3.16. The predicted molar refractivity (Wildman–Crippen MR) is 82.3 cm³/mol. The van der Waals surface area contributed by atoms with Crippen molar-refractivity contribution < 1.29 is 14.7 Å². The van der Waals surface area contributed by atoms with Crippen molar-refractivity contribution in [2.75, 3.05) is 5.32 Å². The lowest BCUT2D eigenvalue weighted by Crippen LogP contribution is -2.16. The number of anilines is 1. The van der Waals surface area contributed by atoms with Crippen molar-refractivity contribution in [3.05, 3.63) is 63.7 Å². The molecule has 5 heteroatoms. The molecule has 2 N–H and O–H groups in total. The summed E-state index contributed by atoms with van der Waals surface area (Å²) in [5.41, 5.74) is 2.27. The minimum Gasteiger partial charge on any atom is -0.478 e. The first-order chi connectivity index (χ1) is 9.90. The molecule has 108 valence electrons. The van der Waals surface area contributed by atoms with E-state index in [0.29, 0.717) is 21.8 Å². The van der Waals surface area contributed by atoms with Crippen LogP contribution in [0.1, 0.15) is 31.8 Å². The molecule has 0 aromatic heterocycles. The van der Waals surface area contributed by atoms with Gasteiger partial charge in [-0.15, -0.1) is 0 Å². The molecule has 0 heterocycles. The molecule has 1 amide bonds. The summed E-state index contributed by atoms with van der Waals surface area (Å²) in [6.07, 6.45) is 0. The van der Waals surface area contributed by atoms with Crippen molar-refractivity contribution in [1.29, 1.82) is 0 Å². The zero-order valence-electron chi connectivity index (χ0n) is 11.6. The van der Waals surface area contributed by atoms with Gasteiger partial charge in [0.25, 0.3) is 5.91 Å². The highest BCUT2D eigenvalue weighted by atomic mass is 35.5. The first kappa shape index (κ1) is 15.1. The Bertz CT molecular complexity index is 725. The number of aromatic carboxylic acids is 1. The maximum absolute atomic E-state index is 12.3. The predicted octanol–water partition coefficient (Wildman–Crippen LogP) is 3.91. The van der Waals surface area contributed by atoms with Crippen molar-refractivity contribution in [2.45, 2.75) is 13.8 Å². The number of rotatable bonds is 3. The average Bonchev–Trinajstić information content (AvgIpc) is 2.43. The van der Waals surface area contributed by atoms with E-state index in [1.165, 1.54) is 6.07 Å². The smallest absolute Gasteiger partial charge is 0.337 e. The Hall–Kier alpha value is -2.33. The third-order valence-corrected chi connectivity index (χ3v) is 3.59. The third kappa shape index (κ3) is 3.23. The second kappa shape index (κ2) is 5.97. The van der Waals surface area contributed by atoms with Crippen LogP contribution in [-0.4, -0.2) is 17.0 Å². The van der Waals surface area contributed by atoms with Crippen LogP contribution in [0.5, 0.6) is 0 Å². The highest BCUT2D eigenvalue weighted by Crippen LogP contribution is 2.22.